The predicted octanol–water partition coefficient (Wildman–Crippen LogP) is 3.35. The second-order valence-electron chi connectivity index (χ2n) is 7.97. The van der Waals surface area contributed by atoms with Crippen molar-refractivity contribution in [3.63, 3.8) is 0 Å². The maximum Gasteiger partial charge on any atom is 0.490 e. The molecule has 1 aliphatic heterocycles. The Hall–Kier alpha value is -3.93. The van der Waals surface area contributed by atoms with Crippen LogP contribution in [0.1, 0.15) is 52.1 Å². The van der Waals surface area contributed by atoms with Gasteiger partial charge in [0.1, 0.15) is 5.84 Å². The Kier molecular flexibility index (Phi) is 9.56. The van der Waals surface area contributed by atoms with E-state index in [4.69, 9.17) is 30.9 Å². The summed E-state index contributed by atoms with van der Waals surface area (Å²) >= 11 is 0. The fourth-order valence-corrected chi connectivity index (χ4v) is 3.35. The quantitative estimate of drug-likeness (QED) is 0.314. The van der Waals surface area contributed by atoms with Crippen molar-refractivity contribution < 1.29 is 42.5 Å². The van der Waals surface area contributed by atoms with Gasteiger partial charge >= 0.3 is 18.1 Å². The Morgan fingerprint density at radius 3 is 2.31 bits per heavy atom. The number of alkyl halides is 3. The number of ether oxygens (including phenoxy) is 1. The molecule has 1 heterocycles. The number of carbonyl (C=O) groups excluding carboxylic acids is 1. The Morgan fingerprint density at radius 1 is 1.17 bits per heavy atom. The molecule has 9 nitrogen and oxygen atoms in total. The minimum Gasteiger partial charge on any atom is -0.481 e. The van der Waals surface area contributed by atoms with Crippen LogP contribution in [0.2, 0.25) is 0 Å². The summed E-state index contributed by atoms with van der Waals surface area (Å²) in [5.74, 6) is -3.73. The summed E-state index contributed by atoms with van der Waals surface area (Å²) in [4.78, 5) is 33.8. The first-order valence-corrected chi connectivity index (χ1v) is 10.8. The van der Waals surface area contributed by atoms with Gasteiger partial charge in [0.2, 0.25) is 0 Å². The van der Waals surface area contributed by atoms with Gasteiger partial charge in [0.25, 0.3) is 5.91 Å². The number of nitrogens with zero attached hydrogens (tertiary/aromatic N) is 1. The van der Waals surface area contributed by atoms with E-state index in [9.17, 15) is 22.8 Å². The smallest absolute Gasteiger partial charge is 0.481 e. The molecule has 0 aliphatic carbocycles. The van der Waals surface area contributed by atoms with Crippen molar-refractivity contribution in [2.45, 2.75) is 38.7 Å². The van der Waals surface area contributed by atoms with Crippen molar-refractivity contribution in [3.8, 4) is 0 Å². The summed E-state index contributed by atoms with van der Waals surface area (Å²) in [5, 5.41) is 23.4. The standard InChI is InChI=1S/C22H25N3O4.C2HF3O2/c1-14(29-13-15-2-4-16(5-3-15)21(23)24)17-6-7-19-18(12-17)8-10-25(22(19)28)11-9-20(26)27;3-2(4,5)1(6)7/h2-7,12,14H,8-11,13H2,1H3,(H3,23,24)(H,26,27);(H,6,7). The van der Waals surface area contributed by atoms with E-state index < -0.39 is 18.1 Å². The van der Waals surface area contributed by atoms with E-state index in [1.54, 1.807) is 23.1 Å². The molecule has 12 heteroatoms. The molecule has 2 aromatic rings. The van der Waals surface area contributed by atoms with Gasteiger partial charge in [-0.1, -0.05) is 36.4 Å². The summed E-state index contributed by atoms with van der Waals surface area (Å²) in [6.45, 7) is 3.16. The van der Waals surface area contributed by atoms with Crippen LogP contribution < -0.4 is 5.73 Å². The first-order valence-electron chi connectivity index (χ1n) is 10.8. The molecule has 2 aromatic carbocycles. The number of amides is 1. The molecule has 1 aliphatic rings. The number of nitrogens with two attached hydrogens (primary N) is 1. The van der Waals surface area contributed by atoms with Crippen LogP contribution in [0.3, 0.4) is 0 Å². The molecule has 194 valence electrons. The molecule has 1 unspecified atom stereocenters. The zero-order valence-corrected chi connectivity index (χ0v) is 19.3. The second-order valence-corrected chi connectivity index (χ2v) is 7.97. The van der Waals surface area contributed by atoms with Gasteiger partial charge in [0, 0.05) is 24.2 Å². The zero-order chi connectivity index (χ0) is 27.0. The molecule has 0 spiro atoms. The summed E-state index contributed by atoms with van der Waals surface area (Å²) in [6.07, 6.45) is -4.57. The van der Waals surface area contributed by atoms with Crippen molar-refractivity contribution in [1.29, 1.82) is 5.41 Å². The largest absolute Gasteiger partial charge is 0.490 e. The Bertz CT molecular complexity index is 1120. The third kappa shape index (κ3) is 8.08. The van der Waals surface area contributed by atoms with Crippen LogP contribution in [0.25, 0.3) is 0 Å². The third-order valence-electron chi connectivity index (χ3n) is 5.37. The number of hydrogen-bond donors (Lipinski definition) is 4. The average Bonchev–Trinajstić information content (AvgIpc) is 2.81. The van der Waals surface area contributed by atoms with Crippen LogP contribution in [0.5, 0.6) is 0 Å². The molecule has 1 amide bonds. The highest BCUT2D eigenvalue weighted by Gasteiger charge is 2.38. The number of halogens is 3. The van der Waals surface area contributed by atoms with Crippen LogP contribution in [-0.2, 0) is 27.4 Å². The number of fused-ring (bicyclic) bond motifs is 1. The molecule has 0 saturated heterocycles. The number of benzene rings is 2. The van der Waals surface area contributed by atoms with E-state index in [2.05, 4.69) is 0 Å². The highest BCUT2D eigenvalue weighted by molar-refractivity contribution is 5.97. The number of carboxylic acids is 2. The highest BCUT2D eigenvalue weighted by atomic mass is 19.4. The molecule has 0 aromatic heterocycles. The number of hydrogen-bond acceptors (Lipinski definition) is 5. The Labute approximate surface area is 204 Å². The Morgan fingerprint density at radius 2 is 1.78 bits per heavy atom. The molecule has 0 saturated carbocycles. The second kappa shape index (κ2) is 12.2. The average molecular weight is 509 g/mol. The first-order chi connectivity index (χ1) is 16.8. The van der Waals surface area contributed by atoms with Gasteiger partial charge in [-0.2, -0.15) is 13.2 Å². The van der Waals surface area contributed by atoms with Gasteiger partial charge in [-0.15, -0.1) is 0 Å². The number of amidine groups is 1. The molecule has 36 heavy (non-hydrogen) atoms. The number of aliphatic carboxylic acids is 2. The lowest BCUT2D eigenvalue weighted by atomic mass is 9.95. The zero-order valence-electron chi connectivity index (χ0n) is 19.3. The van der Waals surface area contributed by atoms with Gasteiger partial charge in [-0.05, 0) is 36.1 Å². The fourth-order valence-electron chi connectivity index (χ4n) is 3.35. The molecule has 0 fully saturated rings. The van der Waals surface area contributed by atoms with Gasteiger partial charge in [-0.25, -0.2) is 4.79 Å². The first kappa shape index (κ1) is 28.3. The minimum absolute atomic E-state index is 0.0379. The van der Waals surface area contributed by atoms with Crippen LogP contribution in [-0.4, -0.2) is 58.1 Å². The maximum atomic E-state index is 12.6. The highest BCUT2D eigenvalue weighted by Crippen LogP contribution is 2.26. The number of nitrogens with one attached hydrogen (secondary N) is 1. The van der Waals surface area contributed by atoms with E-state index >= 15 is 0 Å². The monoisotopic (exact) mass is 509 g/mol. The molecular formula is C24H26F3N3O6. The SMILES string of the molecule is CC(OCc1ccc(C(=N)N)cc1)c1ccc2c(c1)CCN(CCC(=O)O)C2=O.O=C(O)C(F)(F)F. The summed E-state index contributed by atoms with van der Waals surface area (Å²) in [5.41, 5.74) is 9.74. The van der Waals surface area contributed by atoms with Crippen LogP contribution in [0.15, 0.2) is 42.5 Å². The van der Waals surface area contributed by atoms with Crippen molar-refractivity contribution >= 4 is 23.7 Å². The van der Waals surface area contributed by atoms with Gasteiger partial charge < -0.3 is 25.6 Å². The van der Waals surface area contributed by atoms with Crippen LogP contribution >= 0.6 is 0 Å². The molecule has 1 atom stereocenters. The third-order valence-corrected chi connectivity index (χ3v) is 5.37. The van der Waals surface area contributed by atoms with Gasteiger partial charge in [0.15, 0.2) is 0 Å². The van der Waals surface area contributed by atoms with Crippen LogP contribution in [0.4, 0.5) is 13.2 Å². The lowest BCUT2D eigenvalue weighted by Gasteiger charge is -2.29. The molecular weight excluding hydrogens is 483 g/mol. The minimum atomic E-state index is -5.08. The van der Waals surface area contributed by atoms with Crippen molar-refractivity contribution in [2.24, 2.45) is 5.73 Å². The van der Waals surface area contributed by atoms with E-state index in [1.807, 2.05) is 31.2 Å². The summed E-state index contributed by atoms with van der Waals surface area (Å²) in [7, 11) is 0. The number of rotatable bonds is 8. The molecule has 5 N–H and O–H groups in total. The summed E-state index contributed by atoms with van der Waals surface area (Å²) < 4.78 is 37.7. The molecule has 0 bridgehead atoms. The molecule has 0 radical (unpaired) electrons. The van der Waals surface area contributed by atoms with Gasteiger partial charge in [0.05, 0.1) is 19.1 Å². The number of nitrogen functional groups attached to an aromatic ring is 1. The van der Waals surface area contributed by atoms with Gasteiger partial charge in [-0.3, -0.25) is 15.0 Å². The van der Waals surface area contributed by atoms with E-state index in [0.717, 1.165) is 16.7 Å². The predicted molar refractivity (Wildman–Crippen MR) is 123 cm³/mol. The van der Waals surface area contributed by atoms with Crippen molar-refractivity contribution in [3.05, 3.63) is 70.3 Å². The van der Waals surface area contributed by atoms with Crippen molar-refractivity contribution in [1.82, 2.24) is 4.90 Å². The fraction of sp³-hybridized carbons (Fsp3) is 0.333. The normalized spacial score (nSPS) is 13.8. The summed E-state index contributed by atoms with van der Waals surface area (Å²) in [6, 6.07) is 13.1. The Balaban J connectivity index is 0.000000572. The maximum absolute atomic E-state index is 12.6. The lowest BCUT2D eigenvalue weighted by molar-refractivity contribution is -0.192. The van der Waals surface area contributed by atoms with Crippen molar-refractivity contribution in [2.75, 3.05) is 13.1 Å². The van der Waals surface area contributed by atoms with E-state index in [1.165, 1.54) is 0 Å². The topological polar surface area (TPSA) is 154 Å². The lowest BCUT2D eigenvalue weighted by Crippen LogP contribution is -2.38. The number of carbonyl (C=O) groups is 3. The van der Waals surface area contributed by atoms with E-state index in [0.29, 0.717) is 30.7 Å². The number of carboxylic acid groups (broad SMARTS) is 2. The van der Waals surface area contributed by atoms with Crippen LogP contribution in [0, 0.1) is 5.41 Å². The van der Waals surface area contributed by atoms with E-state index in [-0.39, 0.29) is 30.8 Å². The molecule has 3 rings (SSSR count).